The number of hydrogen-bond donors (Lipinski definition) is 3. The van der Waals surface area contributed by atoms with Crippen molar-refractivity contribution in [3.63, 3.8) is 0 Å². The summed E-state index contributed by atoms with van der Waals surface area (Å²) >= 11 is 0. The van der Waals surface area contributed by atoms with E-state index in [4.69, 9.17) is 0 Å². The maximum absolute atomic E-state index is 11.8. The number of likely N-dealkylation sites (tertiary alicyclic amines) is 1. The Morgan fingerprint density at radius 1 is 1.60 bits per heavy atom. The molecule has 2 saturated heterocycles. The monoisotopic (exact) mass is 213 g/mol. The normalized spacial score (nSPS) is 29.3. The minimum atomic E-state index is -0.742. The van der Waals surface area contributed by atoms with Crippen LogP contribution in [-0.2, 0) is 9.59 Å². The van der Waals surface area contributed by atoms with Gasteiger partial charge in [-0.3, -0.25) is 14.9 Å². The Morgan fingerprint density at radius 3 is 2.73 bits per heavy atom. The van der Waals surface area contributed by atoms with Crippen LogP contribution < -0.4 is 10.6 Å². The van der Waals surface area contributed by atoms with Crippen LogP contribution in [-0.4, -0.2) is 59.6 Å². The molecule has 0 bridgehead atoms. The van der Waals surface area contributed by atoms with E-state index < -0.39 is 5.60 Å². The van der Waals surface area contributed by atoms with Gasteiger partial charge in [0.1, 0.15) is 6.04 Å². The largest absolute Gasteiger partial charge is 0.386 e. The zero-order valence-corrected chi connectivity index (χ0v) is 8.62. The lowest BCUT2D eigenvalue weighted by molar-refractivity contribution is -0.155. The molecule has 0 aromatic heterocycles. The van der Waals surface area contributed by atoms with E-state index in [9.17, 15) is 14.7 Å². The van der Waals surface area contributed by atoms with Crippen LogP contribution in [0.1, 0.15) is 6.92 Å². The summed E-state index contributed by atoms with van der Waals surface area (Å²) in [5.41, 5.74) is -0.742. The first-order chi connectivity index (χ1) is 6.98. The summed E-state index contributed by atoms with van der Waals surface area (Å²) in [7, 11) is 0. The molecule has 0 aliphatic carbocycles. The third-order valence-corrected chi connectivity index (χ3v) is 2.69. The lowest BCUT2D eigenvalue weighted by Crippen LogP contribution is -2.67. The van der Waals surface area contributed by atoms with E-state index >= 15 is 0 Å². The quantitative estimate of drug-likeness (QED) is 0.456. The molecule has 1 atom stereocenters. The van der Waals surface area contributed by atoms with Gasteiger partial charge in [-0.2, -0.15) is 0 Å². The Hall–Kier alpha value is -1.14. The zero-order chi connectivity index (χ0) is 11.1. The predicted molar refractivity (Wildman–Crippen MR) is 52.0 cm³/mol. The van der Waals surface area contributed by atoms with Gasteiger partial charge in [-0.05, 0) is 6.92 Å². The average molecular weight is 213 g/mol. The number of aliphatic hydroxyl groups is 1. The van der Waals surface area contributed by atoms with Gasteiger partial charge in [-0.25, -0.2) is 0 Å². The number of piperazine rings is 1. The average Bonchev–Trinajstić information content (AvgIpc) is 2.14. The highest BCUT2D eigenvalue weighted by Gasteiger charge is 2.41. The number of amides is 2. The third-order valence-electron chi connectivity index (χ3n) is 2.69. The van der Waals surface area contributed by atoms with Crippen LogP contribution in [0.15, 0.2) is 0 Å². The standard InChI is InChI=1S/C9H15N3O3/c1-9(15)4-12(5-9)8(14)6-2-11-7(13)3-10-6/h6,10,15H,2-5H2,1H3,(H,11,13). The predicted octanol–water partition coefficient (Wildman–Crippen LogP) is -2.33. The molecule has 2 heterocycles. The molecule has 0 spiro atoms. The van der Waals surface area contributed by atoms with E-state index in [1.165, 1.54) is 0 Å². The molecule has 6 nitrogen and oxygen atoms in total. The number of carbonyl (C=O) groups excluding carboxylic acids is 2. The van der Waals surface area contributed by atoms with Gasteiger partial charge >= 0.3 is 0 Å². The van der Waals surface area contributed by atoms with Gasteiger partial charge in [0.2, 0.25) is 11.8 Å². The van der Waals surface area contributed by atoms with Gasteiger partial charge in [0.05, 0.1) is 25.2 Å². The highest BCUT2D eigenvalue weighted by Crippen LogP contribution is 2.20. The van der Waals surface area contributed by atoms with Crippen molar-refractivity contribution in [2.75, 3.05) is 26.2 Å². The van der Waals surface area contributed by atoms with Gasteiger partial charge < -0.3 is 15.3 Å². The summed E-state index contributed by atoms with van der Waals surface area (Å²) in [6.07, 6.45) is 0. The first-order valence-corrected chi connectivity index (χ1v) is 4.99. The van der Waals surface area contributed by atoms with Crippen molar-refractivity contribution in [1.82, 2.24) is 15.5 Å². The summed E-state index contributed by atoms with van der Waals surface area (Å²) in [5.74, 6) is -0.142. The van der Waals surface area contributed by atoms with Crippen LogP contribution in [0.25, 0.3) is 0 Å². The summed E-state index contributed by atoms with van der Waals surface area (Å²) in [4.78, 5) is 24.2. The van der Waals surface area contributed by atoms with E-state index in [1.54, 1.807) is 11.8 Å². The summed E-state index contributed by atoms with van der Waals surface area (Å²) in [5, 5.41) is 15.0. The third kappa shape index (κ3) is 2.10. The van der Waals surface area contributed by atoms with Crippen molar-refractivity contribution in [3.05, 3.63) is 0 Å². The minimum absolute atomic E-state index is 0.0541. The number of carbonyl (C=O) groups is 2. The molecule has 2 amide bonds. The van der Waals surface area contributed by atoms with Crippen LogP contribution in [0.4, 0.5) is 0 Å². The first-order valence-electron chi connectivity index (χ1n) is 4.99. The molecule has 3 N–H and O–H groups in total. The highest BCUT2D eigenvalue weighted by molar-refractivity contribution is 5.87. The number of nitrogens with one attached hydrogen (secondary N) is 2. The van der Waals surface area contributed by atoms with Crippen molar-refractivity contribution in [2.45, 2.75) is 18.6 Å². The Bertz CT molecular complexity index is 285. The number of β-amino-alcohol motifs (C(OH)–C–C–N with tert-alkyl or cyclic N) is 1. The number of rotatable bonds is 1. The summed E-state index contributed by atoms with van der Waals surface area (Å²) < 4.78 is 0. The molecule has 6 heteroatoms. The molecular formula is C9H15N3O3. The Kier molecular flexibility index (Phi) is 2.40. The minimum Gasteiger partial charge on any atom is -0.386 e. The van der Waals surface area contributed by atoms with Gasteiger partial charge in [0.25, 0.3) is 0 Å². The molecule has 2 fully saturated rings. The van der Waals surface area contributed by atoms with Crippen molar-refractivity contribution < 1.29 is 14.7 Å². The summed E-state index contributed by atoms with van der Waals surface area (Å²) in [6.45, 7) is 2.96. The molecule has 84 valence electrons. The topological polar surface area (TPSA) is 81.7 Å². The molecule has 0 aromatic rings. The van der Waals surface area contributed by atoms with Crippen LogP contribution >= 0.6 is 0 Å². The molecular weight excluding hydrogens is 198 g/mol. The highest BCUT2D eigenvalue weighted by atomic mass is 16.3. The second-order valence-electron chi connectivity index (χ2n) is 4.43. The SMILES string of the molecule is CC1(O)CN(C(=O)C2CNC(=O)CN2)C1. The molecule has 15 heavy (non-hydrogen) atoms. The van der Waals surface area contributed by atoms with Crippen LogP contribution in [0.5, 0.6) is 0 Å². The fourth-order valence-corrected chi connectivity index (χ4v) is 1.89. The fourth-order valence-electron chi connectivity index (χ4n) is 1.89. The van der Waals surface area contributed by atoms with Crippen molar-refractivity contribution >= 4 is 11.8 Å². The molecule has 0 saturated carbocycles. The Labute approximate surface area is 87.6 Å². The van der Waals surface area contributed by atoms with Crippen molar-refractivity contribution in [3.8, 4) is 0 Å². The molecule has 0 aromatic carbocycles. The van der Waals surface area contributed by atoms with Gasteiger partial charge in [-0.1, -0.05) is 0 Å². The Morgan fingerprint density at radius 2 is 2.27 bits per heavy atom. The van der Waals surface area contributed by atoms with Crippen LogP contribution in [0.3, 0.4) is 0 Å². The van der Waals surface area contributed by atoms with Crippen molar-refractivity contribution in [1.29, 1.82) is 0 Å². The lowest BCUT2D eigenvalue weighted by Gasteiger charge is -2.45. The maximum Gasteiger partial charge on any atom is 0.241 e. The molecule has 2 aliphatic heterocycles. The first kappa shape index (κ1) is 10.4. The van der Waals surface area contributed by atoms with Crippen LogP contribution in [0, 0.1) is 0 Å². The summed E-state index contributed by atoms with van der Waals surface area (Å²) in [6, 6.07) is -0.348. The second-order valence-corrected chi connectivity index (χ2v) is 4.43. The molecule has 1 unspecified atom stereocenters. The molecule has 2 rings (SSSR count). The lowest BCUT2D eigenvalue weighted by atomic mass is 9.96. The Balaban J connectivity index is 1.85. The molecule has 2 aliphatic rings. The van der Waals surface area contributed by atoms with E-state index in [1.807, 2.05) is 0 Å². The van der Waals surface area contributed by atoms with Gasteiger partial charge in [-0.15, -0.1) is 0 Å². The second kappa shape index (κ2) is 3.46. The number of hydrogen-bond acceptors (Lipinski definition) is 4. The van der Waals surface area contributed by atoms with E-state index in [0.717, 1.165) is 0 Å². The van der Waals surface area contributed by atoms with Gasteiger partial charge in [0.15, 0.2) is 0 Å². The van der Waals surface area contributed by atoms with Crippen LogP contribution in [0.2, 0.25) is 0 Å². The van der Waals surface area contributed by atoms with Crippen molar-refractivity contribution in [2.24, 2.45) is 0 Å². The zero-order valence-electron chi connectivity index (χ0n) is 8.62. The number of nitrogens with zero attached hydrogens (tertiary/aromatic N) is 1. The molecule has 0 radical (unpaired) electrons. The van der Waals surface area contributed by atoms with E-state index in [2.05, 4.69) is 10.6 Å². The smallest absolute Gasteiger partial charge is 0.241 e. The van der Waals surface area contributed by atoms with E-state index in [0.29, 0.717) is 19.6 Å². The van der Waals surface area contributed by atoms with E-state index in [-0.39, 0.29) is 24.4 Å². The maximum atomic E-state index is 11.8. The fraction of sp³-hybridized carbons (Fsp3) is 0.778. The van der Waals surface area contributed by atoms with Gasteiger partial charge in [0, 0.05) is 6.54 Å².